The van der Waals surface area contributed by atoms with Crippen LogP contribution in [0.3, 0.4) is 0 Å². The molecule has 0 atom stereocenters. The third-order valence-electron chi connectivity index (χ3n) is 3.17. The Labute approximate surface area is 121 Å². The number of para-hydroxylation sites is 2. The van der Waals surface area contributed by atoms with Crippen LogP contribution >= 0.6 is 0 Å². The van der Waals surface area contributed by atoms with Crippen molar-refractivity contribution in [1.82, 2.24) is 20.3 Å². The molecule has 1 amide bonds. The maximum atomic E-state index is 12.2. The van der Waals surface area contributed by atoms with E-state index in [1.165, 1.54) is 4.68 Å². The molecule has 0 saturated carbocycles. The lowest BCUT2D eigenvalue weighted by molar-refractivity contribution is 0.239. The van der Waals surface area contributed by atoms with Crippen LogP contribution in [0.4, 0.5) is 4.79 Å². The van der Waals surface area contributed by atoms with E-state index in [1.807, 2.05) is 42.5 Å². The first-order valence-corrected chi connectivity index (χ1v) is 6.50. The highest BCUT2D eigenvalue weighted by molar-refractivity contribution is 5.87. The number of hydrogen-bond donors (Lipinski definition) is 1. The molecule has 0 bridgehead atoms. The van der Waals surface area contributed by atoms with Crippen molar-refractivity contribution in [1.29, 1.82) is 0 Å². The summed E-state index contributed by atoms with van der Waals surface area (Å²) in [6.45, 7) is 0.358. The van der Waals surface area contributed by atoms with Crippen molar-refractivity contribution in [2.24, 2.45) is 0 Å². The lowest BCUT2D eigenvalue weighted by atomic mass is 10.2. The molecule has 0 saturated heterocycles. The van der Waals surface area contributed by atoms with Gasteiger partial charge in [-0.25, -0.2) is 4.79 Å². The molecular weight excluding hydrogens is 268 g/mol. The SMILES string of the molecule is COc1ccccc1CNC(=O)n1nnc2ccccc21. The zero-order valence-corrected chi connectivity index (χ0v) is 11.5. The largest absolute Gasteiger partial charge is 0.496 e. The van der Waals surface area contributed by atoms with Crippen LogP contribution in [0.25, 0.3) is 11.0 Å². The number of nitrogens with one attached hydrogen (secondary N) is 1. The molecule has 3 rings (SSSR count). The molecule has 0 unspecified atom stereocenters. The predicted octanol–water partition coefficient (Wildman–Crippen LogP) is 2.20. The van der Waals surface area contributed by atoms with Crippen LogP contribution in [0.2, 0.25) is 0 Å². The van der Waals surface area contributed by atoms with Gasteiger partial charge < -0.3 is 10.1 Å². The van der Waals surface area contributed by atoms with Gasteiger partial charge in [0, 0.05) is 12.1 Å². The second-order valence-electron chi connectivity index (χ2n) is 4.46. The van der Waals surface area contributed by atoms with Gasteiger partial charge in [0.1, 0.15) is 11.3 Å². The van der Waals surface area contributed by atoms with Gasteiger partial charge in [-0.15, -0.1) is 5.10 Å². The van der Waals surface area contributed by atoms with Gasteiger partial charge in [-0.3, -0.25) is 0 Å². The van der Waals surface area contributed by atoms with E-state index in [0.29, 0.717) is 17.6 Å². The van der Waals surface area contributed by atoms with E-state index in [0.717, 1.165) is 11.3 Å². The molecule has 0 aliphatic rings. The van der Waals surface area contributed by atoms with E-state index in [4.69, 9.17) is 4.74 Å². The number of benzene rings is 2. The molecule has 1 heterocycles. The van der Waals surface area contributed by atoms with Gasteiger partial charge >= 0.3 is 6.03 Å². The summed E-state index contributed by atoms with van der Waals surface area (Å²) in [7, 11) is 1.60. The Bertz CT molecular complexity index is 782. The van der Waals surface area contributed by atoms with Crippen molar-refractivity contribution in [2.75, 3.05) is 7.11 Å². The van der Waals surface area contributed by atoms with Crippen LogP contribution in [0, 0.1) is 0 Å². The number of rotatable bonds is 3. The van der Waals surface area contributed by atoms with Crippen LogP contribution < -0.4 is 10.1 Å². The Morgan fingerprint density at radius 3 is 2.81 bits per heavy atom. The topological polar surface area (TPSA) is 69.0 Å². The first kappa shape index (κ1) is 13.1. The molecule has 1 aromatic heterocycles. The quantitative estimate of drug-likeness (QED) is 0.799. The summed E-state index contributed by atoms with van der Waals surface area (Å²) < 4.78 is 6.51. The van der Waals surface area contributed by atoms with Gasteiger partial charge in [-0.2, -0.15) is 4.68 Å². The second kappa shape index (κ2) is 5.62. The first-order chi connectivity index (χ1) is 10.3. The molecule has 0 aliphatic carbocycles. The summed E-state index contributed by atoms with van der Waals surface area (Å²) in [5, 5.41) is 10.6. The van der Waals surface area contributed by atoms with E-state index >= 15 is 0 Å². The van der Waals surface area contributed by atoms with E-state index in [9.17, 15) is 4.79 Å². The zero-order chi connectivity index (χ0) is 14.7. The minimum absolute atomic E-state index is 0.324. The van der Waals surface area contributed by atoms with E-state index in [1.54, 1.807) is 13.2 Å². The summed E-state index contributed by atoms with van der Waals surface area (Å²) in [5.74, 6) is 0.737. The number of carbonyl (C=O) groups excluding carboxylic acids is 1. The second-order valence-corrected chi connectivity index (χ2v) is 4.46. The number of ether oxygens (including phenoxy) is 1. The summed E-state index contributed by atoms with van der Waals surface area (Å²) >= 11 is 0. The van der Waals surface area contributed by atoms with Gasteiger partial charge in [0.05, 0.1) is 12.6 Å². The Morgan fingerprint density at radius 2 is 1.95 bits per heavy atom. The van der Waals surface area contributed by atoms with E-state index in [2.05, 4.69) is 15.6 Å². The van der Waals surface area contributed by atoms with Gasteiger partial charge in [0.15, 0.2) is 0 Å². The fourth-order valence-corrected chi connectivity index (χ4v) is 2.11. The average Bonchev–Trinajstić information content (AvgIpc) is 2.97. The van der Waals surface area contributed by atoms with Crippen molar-refractivity contribution in [3.05, 3.63) is 54.1 Å². The van der Waals surface area contributed by atoms with Crippen molar-refractivity contribution in [3.8, 4) is 5.75 Å². The normalized spacial score (nSPS) is 10.5. The van der Waals surface area contributed by atoms with Gasteiger partial charge in [0.2, 0.25) is 0 Å². The van der Waals surface area contributed by atoms with Gasteiger partial charge in [0.25, 0.3) is 0 Å². The van der Waals surface area contributed by atoms with Crippen LogP contribution in [0.15, 0.2) is 48.5 Å². The zero-order valence-electron chi connectivity index (χ0n) is 11.5. The molecule has 0 fully saturated rings. The summed E-state index contributed by atoms with van der Waals surface area (Å²) in [4.78, 5) is 12.2. The molecule has 0 aliphatic heterocycles. The minimum Gasteiger partial charge on any atom is -0.496 e. The van der Waals surface area contributed by atoms with Crippen molar-refractivity contribution in [3.63, 3.8) is 0 Å². The number of aromatic nitrogens is 3. The molecule has 21 heavy (non-hydrogen) atoms. The maximum absolute atomic E-state index is 12.2. The molecule has 2 aromatic carbocycles. The number of hydrogen-bond acceptors (Lipinski definition) is 4. The molecule has 1 N–H and O–H groups in total. The van der Waals surface area contributed by atoms with Crippen LogP contribution in [0.5, 0.6) is 5.75 Å². The fraction of sp³-hybridized carbons (Fsp3) is 0.133. The Balaban J connectivity index is 1.78. The third kappa shape index (κ3) is 2.55. The average molecular weight is 282 g/mol. The van der Waals surface area contributed by atoms with Crippen LogP contribution in [-0.4, -0.2) is 28.1 Å². The number of carbonyl (C=O) groups is 1. The van der Waals surface area contributed by atoms with Gasteiger partial charge in [-0.1, -0.05) is 35.5 Å². The maximum Gasteiger partial charge on any atom is 0.344 e. The van der Waals surface area contributed by atoms with Crippen LogP contribution in [0.1, 0.15) is 5.56 Å². The Hall–Kier alpha value is -2.89. The Kier molecular flexibility index (Phi) is 3.51. The standard InChI is InChI=1S/C15H14N4O2/c1-21-14-9-5-2-6-11(14)10-16-15(20)19-13-8-4-3-7-12(13)17-18-19/h2-9H,10H2,1H3,(H,16,20). The van der Waals surface area contributed by atoms with Crippen molar-refractivity contribution < 1.29 is 9.53 Å². The highest BCUT2D eigenvalue weighted by Crippen LogP contribution is 2.17. The fourth-order valence-electron chi connectivity index (χ4n) is 2.11. The van der Waals surface area contributed by atoms with E-state index < -0.39 is 0 Å². The third-order valence-corrected chi connectivity index (χ3v) is 3.17. The minimum atomic E-state index is -0.324. The highest BCUT2D eigenvalue weighted by Gasteiger charge is 2.11. The van der Waals surface area contributed by atoms with Crippen molar-refractivity contribution >= 4 is 17.1 Å². The molecule has 6 heteroatoms. The summed E-state index contributed by atoms with van der Waals surface area (Å²) in [6, 6.07) is 14.5. The molecular formula is C15H14N4O2. The smallest absolute Gasteiger partial charge is 0.344 e. The molecule has 106 valence electrons. The van der Waals surface area contributed by atoms with E-state index in [-0.39, 0.29) is 6.03 Å². The molecule has 6 nitrogen and oxygen atoms in total. The summed E-state index contributed by atoms with van der Waals surface area (Å²) in [6.07, 6.45) is 0. The molecule has 0 radical (unpaired) electrons. The van der Waals surface area contributed by atoms with Gasteiger partial charge in [-0.05, 0) is 18.2 Å². The highest BCUT2D eigenvalue weighted by atomic mass is 16.5. The summed E-state index contributed by atoms with van der Waals surface area (Å²) in [5.41, 5.74) is 2.26. The number of methoxy groups -OCH3 is 1. The first-order valence-electron chi connectivity index (χ1n) is 6.50. The Morgan fingerprint density at radius 1 is 1.19 bits per heavy atom. The lowest BCUT2D eigenvalue weighted by Crippen LogP contribution is -2.29. The monoisotopic (exact) mass is 282 g/mol. The molecule has 3 aromatic rings. The van der Waals surface area contributed by atoms with Crippen molar-refractivity contribution in [2.45, 2.75) is 6.54 Å². The predicted molar refractivity (Wildman–Crippen MR) is 78.2 cm³/mol. The lowest BCUT2D eigenvalue weighted by Gasteiger charge is -2.09. The molecule has 0 spiro atoms. The number of nitrogens with zero attached hydrogens (tertiary/aromatic N) is 3. The number of amides is 1. The van der Waals surface area contributed by atoms with Crippen LogP contribution in [-0.2, 0) is 6.54 Å². The number of fused-ring (bicyclic) bond motifs is 1.